The van der Waals surface area contributed by atoms with Crippen LogP contribution >= 0.6 is 0 Å². The van der Waals surface area contributed by atoms with Gasteiger partial charge in [0.25, 0.3) is 0 Å². The Balaban J connectivity index is 0.00000256. The SMILES string of the molecule is [Cu+2].c1ccc2c(c1)-c1nc-2nc2[n-]c(nc3nc(nc4[n-]c(n1)c1cncnc41)-c1cncnc1-3)c1ncncc21. The van der Waals surface area contributed by atoms with Crippen molar-refractivity contribution in [3.05, 3.63) is 61.8 Å². The van der Waals surface area contributed by atoms with Gasteiger partial charge in [0.15, 0.2) is 0 Å². The van der Waals surface area contributed by atoms with Gasteiger partial charge in [0.2, 0.25) is 0 Å². The van der Waals surface area contributed by atoms with Gasteiger partial charge in [-0.3, -0.25) is 0 Å². The van der Waals surface area contributed by atoms with Gasteiger partial charge < -0.3 is 29.9 Å². The summed E-state index contributed by atoms with van der Waals surface area (Å²) in [4.78, 5) is 63.8. The fraction of sp³-hybridized carbons (Fsp3) is 0. The molecule has 0 fully saturated rings. The third kappa shape index (κ3) is 3.43. The first-order chi connectivity index (χ1) is 19.8. The predicted molar refractivity (Wildman–Crippen MR) is 141 cm³/mol. The summed E-state index contributed by atoms with van der Waals surface area (Å²) < 4.78 is 0. The van der Waals surface area contributed by atoms with Gasteiger partial charge in [-0.25, -0.2) is 39.9 Å². The molecule has 0 N–H and O–H groups in total. The zero-order chi connectivity index (χ0) is 26.2. The smallest absolute Gasteiger partial charge is 0.356 e. The molecular formula is C26H10CuN14. The second-order valence-electron chi connectivity index (χ2n) is 8.88. The van der Waals surface area contributed by atoms with Crippen molar-refractivity contribution in [1.82, 2.24) is 69.8 Å². The van der Waals surface area contributed by atoms with Crippen molar-refractivity contribution < 1.29 is 17.1 Å². The van der Waals surface area contributed by atoms with Crippen LogP contribution in [-0.2, 0) is 17.1 Å². The van der Waals surface area contributed by atoms with Crippen molar-refractivity contribution in [3.8, 4) is 45.7 Å². The molecule has 0 saturated heterocycles. The number of benzene rings is 1. The molecule has 8 bridgehead atoms. The van der Waals surface area contributed by atoms with Gasteiger partial charge in [0, 0.05) is 68.6 Å². The zero-order valence-corrected chi connectivity index (χ0v) is 21.3. The van der Waals surface area contributed by atoms with Crippen LogP contribution in [0.3, 0.4) is 0 Å². The Bertz CT molecular complexity index is 2040. The molecule has 41 heavy (non-hydrogen) atoms. The molecule has 0 aliphatic carbocycles. The second-order valence-corrected chi connectivity index (χ2v) is 8.88. The maximum Gasteiger partial charge on any atom is 2.00 e. The van der Waals surface area contributed by atoms with Crippen molar-refractivity contribution in [1.29, 1.82) is 0 Å². The summed E-state index contributed by atoms with van der Waals surface area (Å²) in [6.45, 7) is 0. The van der Waals surface area contributed by atoms with Gasteiger partial charge in [0.1, 0.15) is 30.5 Å². The van der Waals surface area contributed by atoms with Gasteiger partial charge in [-0.2, -0.15) is 0 Å². The van der Waals surface area contributed by atoms with Gasteiger partial charge in [-0.05, 0) is 0 Å². The third-order valence-electron chi connectivity index (χ3n) is 6.60. The Hall–Kier alpha value is -5.66. The molecule has 195 valence electrons. The second kappa shape index (κ2) is 8.67. The van der Waals surface area contributed by atoms with Crippen LogP contribution in [-0.4, -0.2) is 59.8 Å². The average Bonchev–Trinajstić information content (AvgIpc) is 3.73. The van der Waals surface area contributed by atoms with Crippen LogP contribution in [0.1, 0.15) is 0 Å². The first kappa shape index (κ1) is 23.2. The van der Waals surface area contributed by atoms with Gasteiger partial charge in [0.05, 0.1) is 28.5 Å². The number of fused-ring (bicyclic) bond motifs is 20. The van der Waals surface area contributed by atoms with Gasteiger partial charge in [-0.1, -0.05) is 24.3 Å². The van der Waals surface area contributed by atoms with E-state index in [1.165, 1.54) is 19.0 Å². The van der Waals surface area contributed by atoms with E-state index in [9.17, 15) is 0 Å². The van der Waals surface area contributed by atoms with Crippen LogP contribution in [0.15, 0.2) is 61.8 Å². The maximum absolute atomic E-state index is 4.82. The molecule has 0 spiro atoms. The number of hydrogen-bond acceptors (Lipinski definition) is 12. The van der Waals surface area contributed by atoms with E-state index in [0.29, 0.717) is 78.9 Å². The first-order valence-electron chi connectivity index (χ1n) is 12.0. The Morgan fingerprint density at radius 3 is 1.59 bits per heavy atom. The molecule has 0 amide bonds. The minimum Gasteiger partial charge on any atom is -0.356 e. The standard InChI is InChI=1S/C26H10N14.Cu/c1-2-4-12-11(3-1)19-33-20(12)35-22-14-6-28-9-31-17(14)25(37-22)40-26-18-15(7-29-10-32-18)23(39-26)38-24-16-13(5-27-8-30-16)21(34-19)36-24;/h1-10H;/q-2;+2. The van der Waals surface area contributed by atoms with E-state index in [1.807, 2.05) is 24.3 Å². The Morgan fingerprint density at radius 1 is 0.463 bits per heavy atom. The molecule has 14 nitrogen and oxygen atoms in total. The van der Waals surface area contributed by atoms with E-state index in [2.05, 4.69) is 34.9 Å². The van der Waals surface area contributed by atoms with Crippen LogP contribution in [0.2, 0.25) is 0 Å². The maximum atomic E-state index is 4.82. The van der Waals surface area contributed by atoms with Gasteiger partial charge >= 0.3 is 17.1 Å². The molecular weight excluding hydrogens is 572 g/mol. The van der Waals surface area contributed by atoms with Gasteiger partial charge in [-0.15, -0.1) is 0 Å². The Labute approximate surface area is 238 Å². The van der Waals surface area contributed by atoms with E-state index in [-0.39, 0.29) is 17.1 Å². The summed E-state index contributed by atoms with van der Waals surface area (Å²) in [5.41, 5.74) is 5.15. The summed E-state index contributed by atoms with van der Waals surface area (Å²) in [6, 6.07) is 7.70. The molecule has 0 saturated carbocycles. The van der Waals surface area contributed by atoms with Crippen molar-refractivity contribution in [2.24, 2.45) is 0 Å². The van der Waals surface area contributed by atoms with Crippen molar-refractivity contribution in [2.45, 2.75) is 0 Å². The van der Waals surface area contributed by atoms with Crippen LogP contribution < -0.4 is 9.97 Å². The van der Waals surface area contributed by atoms with Crippen molar-refractivity contribution in [2.75, 3.05) is 0 Å². The molecule has 6 aromatic heterocycles. The van der Waals surface area contributed by atoms with Crippen LogP contribution in [0.4, 0.5) is 0 Å². The van der Waals surface area contributed by atoms with E-state index < -0.39 is 0 Å². The molecule has 1 aromatic carbocycles. The van der Waals surface area contributed by atoms with Crippen molar-refractivity contribution >= 4 is 44.4 Å². The number of hydrogen-bond donors (Lipinski definition) is 0. The van der Waals surface area contributed by atoms with E-state index in [0.717, 1.165) is 11.1 Å². The zero-order valence-electron chi connectivity index (χ0n) is 20.3. The predicted octanol–water partition coefficient (Wildman–Crippen LogP) is 2.49. The summed E-state index contributed by atoms with van der Waals surface area (Å²) >= 11 is 0. The van der Waals surface area contributed by atoms with E-state index in [1.54, 1.807) is 18.6 Å². The quantitative estimate of drug-likeness (QED) is 0.238. The van der Waals surface area contributed by atoms with E-state index >= 15 is 0 Å². The molecule has 2 aliphatic rings. The summed E-state index contributed by atoms with van der Waals surface area (Å²) in [5, 5.41) is 1.25. The molecule has 7 aromatic rings. The third-order valence-corrected chi connectivity index (χ3v) is 6.60. The average molecular weight is 582 g/mol. The molecule has 0 atom stereocenters. The van der Waals surface area contributed by atoms with Crippen LogP contribution in [0, 0.1) is 0 Å². The van der Waals surface area contributed by atoms with E-state index in [4.69, 9.17) is 34.9 Å². The molecule has 15 heteroatoms. The number of aromatic nitrogens is 14. The molecule has 9 rings (SSSR count). The monoisotopic (exact) mass is 581 g/mol. The largest absolute Gasteiger partial charge is 2.00 e. The summed E-state index contributed by atoms with van der Waals surface area (Å²) in [5.74, 6) is 1.53. The summed E-state index contributed by atoms with van der Waals surface area (Å²) in [7, 11) is 0. The minimum atomic E-state index is 0. The number of rotatable bonds is 0. The minimum absolute atomic E-state index is 0. The Kier molecular flexibility index (Phi) is 4.92. The molecule has 8 heterocycles. The van der Waals surface area contributed by atoms with Crippen LogP contribution in [0.5, 0.6) is 0 Å². The fourth-order valence-corrected chi connectivity index (χ4v) is 4.81. The normalized spacial score (nSPS) is 11.7. The fourth-order valence-electron chi connectivity index (χ4n) is 4.81. The topological polar surface area (TPSA) is 183 Å². The molecule has 1 radical (unpaired) electrons. The van der Waals surface area contributed by atoms with Crippen molar-refractivity contribution in [3.63, 3.8) is 0 Å². The first-order valence-corrected chi connectivity index (χ1v) is 12.0. The molecule has 2 aliphatic heterocycles. The molecule has 0 unspecified atom stereocenters. The van der Waals surface area contributed by atoms with Crippen LogP contribution in [0.25, 0.3) is 90.1 Å². The number of nitrogens with zero attached hydrogens (tertiary/aromatic N) is 14. The summed E-state index contributed by atoms with van der Waals surface area (Å²) in [6.07, 6.45) is 9.24. The Morgan fingerprint density at radius 2 is 0.951 bits per heavy atom.